The van der Waals surface area contributed by atoms with E-state index in [0.29, 0.717) is 17.9 Å². The van der Waals surface area contributed by atoms with Gasteiger partial charge in [0, 0.05) is 12.2 Å². The van der Waals surface area contributed by atoms with Crippen LogP contribution in [0.25, 0.3) is 11.4 Å². The number of amides is 1. The Balaban J connectivity index is 2.06. The predicted molar refractivity (Wildman–Crippen MR) is 66.0 cm³/mol. The van der Waals surface area contributed by atoms with Crippen molar-refractivity contribution in [3.05, 3.63) is 36.4 Å². The number of nitrogens with zero attached hydrogens (tertiary/aromatic N) is 3. The Bertz CT molecular complexity index is 567. The summed E-state index contributed by atoms with van der Waals surface area (Å²) in [5, 5.41) is 15.2. The molecule has 2 aromatic rings. The van der Waals surface area contributed by atoms with Gasteiger partial charge in [0.25, 0.3) is 0 Å². The van der Waals surface area contributed by atoms with Gasteiger partial charge < -0.3 is 10.4 Å². The SMILES string of the molecule is C[C@H](Cn1ccc(-c2ccc(F)cn2)n1)NC(=O)O. The van der Waals surface area contributed by atoms with Crippen LogP contribution >= 0.6 is 0 Å². The monoisotopic (exact) mass is 264 g/mol. The molecule has 2 N–H and O–H groups in total. The summed E-state index contributed by atoms with van der Waals surface area (Å²) in [6.07, 6.45) is 1.78. The van der Waals surface area contributed by atoms with Crippen molar-refractivity contribution in [3.8, 4) is 11.4 Å². The topological polar surface area (TPSA) is 80.0 Å². The van der Waals surface area contributed by atoms with Gasteiger partial charge in [-0.05, 0) is 25.1 Å². The maximum Gasteiger partial charge on any atom is 0.404 e. The van der Waals surface area contributed by atoms with E-state index in [-0.39, 0.29) is 6.04 Å². The van der Waals surface area contributed by atoms with Gasteiger partial charge in [0.05, 0.1) is 18.4 Å². The average Bonchev–Trinajstić information content (AvgIpc) is 2.77. The first kappa shape index (κ1) is 13.0. The molecule has 0 aliphatic carbocycles. The highest BCUT2D eigenvalue weighted by Gasteiger charge is 2.08. The molecule has 2 heterocycles. The molecule has 0 aliphatic heterocycles. The lowest BCUT2D eigenvalue weighted by Crippen LogP contribution is -2.34. The smallest absolute Gasteiger partial charge is 0.404 e. The fourth-order valence-corrected chi connectivity index (χ4v) is 1.66. The zero-order chi connectivity index (χ0) is 13.8. The zero-order valence-corrected chi connectivity index (χ0v) is 10.2. The minimum Gasteiger partial charge on any atom is -0.465 e. The Hall–Kier alpha value is -2.44. The third-order valence-electron chi connectivity index (χ3n) is 2.46. The van der Waals surface area contributed by atoms with Gasteiger partial charge in [0.15, 0.2) is 0 Å². The summed E-state index contributed by atoms with van der Waals surface area (Å²) >= 11 is 0. The van der Waals surface area contributed by atoms with Crippen molar-refractivity contribution < 1.29 is 14.3 Å². The molecule has 1 atom stereocenters. The van der Waals surface area contributed by atoms with Crippen molar-refractivity contribution in [2.75, 3.05) is 0 Å². The number of pyridine rings is 1. The lowest BCUT2D eigenvalue weighted by atomic mass is 10.3. The molecule has 1 amide bonds. The van der Waals surface area contributed by atoms with Crippen LogP contribution in [0.1, 0.15) is 6.92 Å². The van der Waals surface area contributed by atoms with Gasteiger partial charge in [-0.25, -0.2) is 9.18 Å². The van der Waals surface area contributed by atoms with Crippen LogP contribution < -0.4 is 5.32 Å². The van der Waals surface area contributed by atoms with E-state index in [0.717, 1.165) is 6.20 Å². The molecule has 0 spiro atoms. The Morgan fingerprint density at radius 3 is 2.89 bits per heavy atom. The van der Waals surface area contributed by atoms with Crippen molar-refractivity contribution in [2.24, 2.45) is 0 Å². The van der Waals surface area contributed by atoms with E-state index < -0.39 is 11.9 Å². The molecule has 0 fully saturated rings. The highest BCUT2D eigenvalue weighted by atomic mass is 19.1. The molecule has 6 nitrogen and oxygen atoms in total. The average molecular weight is 264 g/mol. The van der Waals surface area contributed by atoms with E-state index in [1.54, 1.807) is 29.9 Å². The minimum absolute atomic E-state index is 0.258. The number of halogens is 1. The normalized spacial score (nSPS) is 12.1. The Morgan fingerprint density at radius 1 is 1.47 bits per heavy atom. The Labute approximate surface area is 108 Å². The van der Waals surface area contributed by atoms with E-state index >= 15 is 0 Å². The number of hydrogen-bond acceptors (Lipinski definition) is 3. The van der Waals surface area contributed by atoms with Crippen LogP contribution in [-0.2, 0) is 6.54 Å². The number of hydrogen-bond donors (Lipinski definition) is 2. The van der Waals surface area contributed by atoms with E-state index in [1.807, 2.05) is 0 Å². The van der Waals surface area contributed by atoms with Crippen LogP contribution in [0.3, 0.4) is 0 Å². The highest BCUT2D eigenvalue weighted by Crippen LogP contribution is 2.14. The van der Waals surface area contributed by atoms with Crippen molar-refractivity contribution >= 4 is 6.09 Å². The van der Waals surface area contributed by atoms with Crippen molar-refractivity contribution in [2.45, 2.75) is 19.5 Å². The predicted octanol–water partition coefficient (Wildman–Crippen LogP) is 1.74. The molecular formula is C12H13FN4O2. The first-order chi connectivity index (χ1) is 9.04. The molecule has 0 aromatic carbocycles. The van der Waals surface area contributed by atoms with Crippen LogP contribution in [0.2, 0.25) is 0 Å². The maximum absolute atomic E-state index is 12.7. The van der Waals surface area contributed by atoms with Crippen molar-refractivity contribution in [1.82, 2.24) is 20.1 Å². The van der Waals surface area contributed by atoms with Gasteiger partial charge in [-0.3, -0.25) is 9.67 Å². The fraction of sp³-hybridized carbons (Fsp3) is 0.250. The second kappa shape index (κ2) is 5.47. The highest BCUT2D eigenvalue weighted by molar-refractivity contribution is 5.64. The van der Waals surface area contributed by atoms with E-state index in [4.69, 9.17) is 5.11 Å². The molecule has 0 aliphatic rings. The summed E-state index contributed by atoms with van der Waals surface area (Å²) in [5.41, 5.74) is 1.18. The number of nitrogens with one attached hydrogen (secondary N) is 1. The summed E-state index contributed by atoms with van der Waals surface area (Å²) < 4.78 is 14.4. The lowest BCUT2D eigenvalue weighted by molar-refractivity contribution is 0.189. The third kappa shape index (κ3) is 3.51. The van der Waals surface area contributed by atoms with Crippen LogP contribution in [-0.4, -0.2) is 32.0 Å². The van der Waals surface area contributed by atoms with Gasteiger partial charge >= 0.3 is 6.09 Å². The van der Waals surface area contributed by atoms with Gasteiger partial charge in [-0.15, -0.1) is 0 Å². The van der Waals surface area contributed by atoms with E-state index in [2.05, 4.69) is 15.4 Å². The van der Waals surface area contributed by atoms with Gasteiger partial charge in [-0.2, -0.15) is 5.10 Å². The zero-order valence-electron chi connectivity index (χ0n) is 10.2. The lowest BCUT2D eigenvalue weighted by Gasteiger charge is -2.10. The summed E-state index contributed by atoms with van der Waals surface area (Å²) in [4.78, 5) is 14.4. The second-order valence-corrected chi connectivity index (χ2v) is 4.14. The molecule has 0 bridgehead atoms. The molecule has 19 heavy (non-hydrogen) atoms. The Morgan fingerprint density at radius 2 is 2.26 bits per heavy atom. The molecule has 2 aromatic heterocycles. The van der Waals surface area contributed by atoms with Crippen molar-refractivity contribution in [1.29, 1.82) is 0 Å². The molecule has 0 radical (unpaired) electrons. The summed E-state index contributed by atoms with van der Waals surface area (Å²) in [7, 11) is 0. The van der Waals surface area contributed by atoms with Crippen LogP contribution in [0.5, 0.6) is 0 Å². The molecule has 7 heteroatoms. The molecule has 0 unspecified atom stereocenters. The third-order valence-corrected chi connectivity index (χ3v) is 2.46. The van der Waals surface area contributed by atoms with Crippen LogP contribution in [0, 0.1) is 5.82 Å². The Kier molecular flexibility index (Phi) is 3.74. The number of carboxylic acid groups (broad SMARTS) is 1. The number of rotatable bonds is 4. The van der Waals surface area contributed by atoms with Crippen LogP contribution in [0.15, 0.2) is 30.6 Å². The second-order valence-electron chi connectivity index (χ2n) is 4.14. The van der Waals surface area contributed by atoms with Gasteiger partial charge in [0.2, 0.25) is 0 Å². The number of carbonyl (C=O) groups is 1. The van der Waals surface area contributed by atoms with E-state index in [1.165, 1.54) is 6.07 Å². The summed E-state index contributed by atoms with van der Waals surface area (Å²) in [6.45, 7) is 2.15. The van der Waals surface area contributed by atoms with Crippen molar-refractivity contribution in [3.63, 3.8) is 0 Å². The minimum atomic E-state index is -1.07. The quantitative estimate of drug-likeness (QED) is 0.881. The molecular weight excluding hydrogens is 251 g/mol. The number of aromatic nitrogens is 3. The van der Waals surface area contributed by atoms with Gasteiger partial charge in [0.1, 0.15) is 11.5 Å². The van der Waals surface area contributed by atoms with E-state index in [9.17, 15) is 9.18 Å². The molecule has 0 saturated carbocycles. The summed E-state index contributed by atoms with van der Waals surface area (Å²) in [6, 6.07) is 4.34. The standard InChI is InChI=1S/C12H13FN4O2/c1-8(15-12(18)19)7-17-5-4-11(16-17)10-3-2-9(13)6-14-10/h2-6,8,15H,7H2,1H3,(H,18,19)/t8-/m1/s1. The molecule has 2 rings (SSSR count). The van der Waals surface area contributed by atoms with Gasteiger partial charge in [-0.1, -0.05) is 0 Å². The maximum atomic E-state index is 12.7. The first-order valence-corrected chi connectivity index (χ1v) is 5.69. The largest absolute Gasteiger partial charge is 0.465 e. The van der Waals surface area contributed by atoms with Crippen LogP contribution in [0.4, 0.5) is 9.18 Å². The fourth-order valence-electron chi connectivity index (χ4n) is 1.66. The first-order valence-electron chi connectivity index (χ1n) is 5.69. The molecule has 100 valence electrons. The molecule has 0 saturated heterocycles. The summed E-state index contributed by atoms with van der Waals surface area (Å²) in [5.74, 6) is -0.400.